The number of aromatic nitrogens is 2. The van der Waals surface area contributed by atoms with Crippen LogP contribution in [-0.2, 0) is 0 Å². The first-order valence-electron chi connectivity index (χ1n) is 6.80. The number of H-pyrrole nitrogens is 1. The molecule has 2 heterocycles. The fourth-order valence-electron chi connectivity index (χ4n) is 2.56. The number of hydrogen-bond acceptors (Lipinski definition) is 3. The predicted molar refractivity (Wildman–Crippen MR) is 87.7 cm³/mol. The number of fused-ring (bicyclic) bond motifs is 3. The van der Waals surface area contributed by atoms with E-state index < -0.39 is 0 Å². The predicted octanol–water partition coefficient (Wildman–Crippen LogP) is 4.04. The van der Waals surface area contributed by atoms with Gasteiger partial charge in [-0.15, -0.1) is 0 Å². The van der Waals surface area contributed by atoms with E-state index in [-0.39, 0.29) is 0 Å². The van der Waals surface area contributed by atoms with E-state index in [0.717, 1.165) is 33.7 Å². The second-order valence-electron chi connectivity index (χ2n) is 5.01. The molecule has 0 amide bonds. The van der Waals surface area contributed by atoms with Crippen molar-refractivity contribution >= 4 is 39.1 Å². The first kappa shape index (κ1) is 11.8. The van der Waals surface area contributed by atoms with Gasteiger partial charge in [0.25, 0.3) is 0 Å². The lowest BCUT2D eigenvalue weighted by atomic mass is 10.2. The van der Waals surface area contributed by atoms with Crippen molar-refractivity contribution in [2.45, 2.75) is 0 Å². The van der Waals surface area contributed by atoms with E-state index in [1.54, 1.807) is 0 Å². The highest BCUT2D eigenvalue weighted by Gasteiger charge is 2.05. The molecule has 21 heavy (non-hydrogen) atoms. The zero-order valence-corrected chi connectivity index (χ0v) is 11.3. The first-order valence-corrected chi connectivity index (χ1v) is 6.80. The molecular formula is C17H14N4. The fraction of sp³-hybridized carbons (Fsp3) is 0. The second-order valence-corrected chi connectivity index (χ2v) is 5.01. The summed E-state index contributed by atoms with van der Waals surface area (Å²) >= 11 is 0. The van der Waals surface area contributed by atoms with Gasteiger partial charge in [-0.05, 0) is 36.4 Å². The van der Waals surface area contributed by atoms with E-state index in [1.807, 2.05) is 42.5 Å². The summed E-state index contributed by atoms with van der Waals surface area (Å²) in [6, 6.07) is 19.9. The van der Waals surface area contributed by atoms with Crippen molar-refractivity contribution in [3.63, 3.8) is 0 Å². The standard InChI is InChI=1S/C17H14N4/c18-11-4-3-5-12(10-11)19-16-9-8-14-13-6-1-2-7-15(13)20-17(14)21-16/h1-10H,18H2,(H2,19,20,21). The van der Waals surface area contributed by atoms with Crippen LogP contribution in [0.1, 0.15) is 0 Å². The molecule has 102 valence electrons. The number of aromatic amines is 1. The largest absolute Gasteiger partial charge is 0.399 e. The average molecular weight is 274 g/mol. The number of nitrogens with zero attached hydrogens (tertiary/aromatic N) is 1. The maximum absolute atomic E-state index is 5.79. The number of benzene rings is 2. The Morgan fingerprint density at radius 2 is 1.81 bits per heavy atom. The molecule has 0 bridgehead atoms. The van der Waals surface area contributed by atoms with E-state index in [4.69, 9.17) is 5.73 Å². The fourth-order valence-corrected chi connectivity index (χ4v) is 2.56. The molecule has 4 rings (SSSR count). The van der Waals surface area contributed by atoms with Gasteiger partial charge in [0.2, 0.25) is 0 Å². The third-order valence-corrected chi connectivity index (χ3v) is 3.52. The molecule has 0 aliphatic carbocycles. The zero-order valence-electron chi connectivity index (χ0n) is 11.3. The Morgan fingerprint density at radius 3 is 2.71 bits per heavy atom. The number of pyridine rings is 1. The molecule has 0 spiro atoms. The van der Waals surface area contributed by atoms with Crippen molar-refractivity contribution in [2.24, 2.45) is 0 Å². The molecule has 4 N–H and O–H groups in total. The summed E-state index contributed by atoms with van der Waals surface area (Å²) in [5.74, 6) is 0.791. The molecule has 0 radical (unpaired) electrons. The molecule has 2 aromatic carbocycles. The molecule has 0 saturated carbocycles. The summed E-state index contributed by atoms with van der Waals surface area (Å²) in [5.41, 5.74) is 9.42. The minimum atomic E-state index is 0.728. The Morgan fingerprint density at radius 1 is 0.905 bits per heavy atom. The van der Waals surface area contributed by atoms with E-state index in [1.165, 1.54) is 5.39 Å². The Bertz CT molecular complexity index is 940. The van der Waals surface area contributed by atoms with Gasteiger partial charge in [-0.2, -0.15) is 0 Å². The van der Waals surface area contributed by atoms with Crippen LogP contribution in [0.3, 0.4) is 0 Å². The average Bonchev–Trinajstić information content (AvgIpc) is 2.85. The van der Waals surface area contributed by atoms with Crippen LogP contribution < -0.4 is 11.1 Å². The highest BCUT2D eigenvalue weighted by molar-refractivity contribution is 6.06. The number of nitrogen functional groups attached to an aromatic ring is 1. The lowest BCUT2D eigenvalue weighted by Crippen LogP contribution is -1.94. The topological polar surface area (TPSA) is 66.7 Å². The smallest absolute Gasteiger partial charge is 0.140 e. The van der Waals surface area contributed by atoms with Crippen LogP contribution >= 0.6 is 0 Å². The molecule has 0 unspecified atom stereocenters. The van der Waals surface area contributed by atoms with E-state index in [9.17, 15) is 0 Å². The third-order valence-electron chi connectivity index (χ3n) is 3.52. The van der Waals surface area contributed by atoms with E-state index >= 15 is 0 Å². The van der Waals surface area contributed by atoms with E-state index in [2.05, 4.69) is 33.5 Å². The Hall–Kier alpha value is -3.01. The number of nitrogens with two attached hydrogens (primary N) is 1. The molecule has 4 nitrogen and oxygen atoms in total. The Labute approximate surface area is 121 Å². The maximum atomic E-state index is 5.79. The first-order chi connectivity index (χ1) is 10.3. The van der Waals surface area contributed by atoms with Crippen molar-refractivity contribution in [3.8, 4) is 0 Å². The van der Waals surface area contributed by atoms with Crippen LogP contribution in [0, 0.1) is 0 Å². The Kier molecular flexibility index (Phi) is 2.54. The highest BCUT2D eigenvalue weighted by Crippen LogP contribution is 2.26. The monoisotopic (exact) mass is 274 g/mol. The van der Waals surface area contributed by atoms with Gasteiger partial charge >= 0.3 is 0 Å². The van der Waals surface area contributed by atoms with Gasteiger partial charge in [0.1, 0.15) is 11.5 Å². The maximum Gasteiger partial charge on any atom is 0.140 e. The quantitative estimate of drug-likeness (QED) is 0.483. The number of para-hydroxylation sites is 1. The van der Waals surface area contributed by atoms with Gasteiger partial charge in [-0.1, -0.05) is 24.3 Å². The number of anilines is 3. The molecular weight excluding hydrogens is 260 g/mol. The van der Waals surface area contributed by atoms with Gasteiger partial charge in [-0.25, -0.2) is 4.98 Å². The van der Waals surface area contributed by atoms with Crippen LogP contribution in [0.5, 0.6) is 0 Å². The molecule has 2 aromatic heterocycles. The zero-order chi connectivity index (χ0) is 14.2. The molecule has 4 heteroatoms. The lowest BCUT2D eigenvalue weighted by Gasteiger charge is -2.06. The molecule has 0 fully saturated rings. The number of rotatable bonds is 2. The van der Waals surface area contributed by atoms with Gasteiger partial charge in [0, 0.05) is 27.7 Å². The minimum absolute atomic E-state index is 0.728. The van der Waals surface area contributed by atoms with Crippen LogP contribution in [-0.4, -0.2) is 9.97 Å². The van der Waals surface area contributed by atoms with E-state index in [0.29, 0.717) is 0 Å². The van der Waals surface area contributed by atoms with Gasteiger partial charge in [0.05, 0.1) is 0 Å². The van der Waals surface area contributed by atoms with Gasteiger partial charge < -0.3 is 16.0 Å². The normalized spacial score (nSPS) is 11.0. The summed E-state index contributed by atoms with van der Waals surface area (Å²) in [6.45, 7) is 0. The summed E-state index contributed by atoms with van der Waals surface area (Å²) < 4.78 is 0. The molecule has 4 aromatic rings. The van der Waals surface area contributed by atoms with Gasteiger partial charge in [0.15, 0.2) is 0 Å². The number of nitrogens with one attached hydrogen (secondary N) is 2. The summed E-state index contributed by atoms with van der Waals surface area (Å²) in [6.07, 6.45) is 0. The van der Waals surface area contributed by atoms with Crippen molar-refractivity contribution < 1.29 is 0 Å². The minimum Gasteiger partial charge on any atom is -0.399 e. The third kappa shape index (κ3) is 2.07. The molecule has 0 aliphatic heterocycles. The summed E-state index contributed by atoms with van der Waals surface area (Å²) in [5, 5.41) is 5.59. The SMILES string of the molecule is Nc1cccc(Nc2ccc3c(n2)[nH]c2ccccc23)c1. The summed E-state index contributed by atoms with van der Waals surface area (Å²) in [4.78, 5) is 7.97. The van der Waals surface area contributed by atoms with Crippen LogP contribution in [0.25, 0.3) is 21.9 Å². The van der Waals surface area contributed by atoms with Crippen molar-refractivity contribution in [2.75, 3.05) is 11.1 Å². The molecule has 0 saturated heterocycles. The summed E-state index contributed by atoms with van der Waals surface area (Å²) in [7, 11) is 0. The lowest BCUT2D eigenvalue weighted by molar-refractivity contribution is 1.33. The van der Waals surface area contributed by atoms with Crippen molar-refractivity contribution in [1.29, 1.82) is 0 Å². The van der Waals surface area contributed by atoms with Crippen LogP contribution in [0.2, 0.25) is 0 Å². The molecule has 0 aliphatic rings. The highest BCUT2D eigenvalue weighted by atomic mass is 15.0. The van der Waals surface area contributed by atoms with Crippen LogP contribution in [0.15, 0.2) is 60.7 Å². The van der Waals surface area contributed by atoms with Crippen LogP contribution in [0.4, 0.5) is 17.2 Å². The van der Waals surface area contributed by atoms with Crippen molar-refractivity contribution in [1.82, 2.24) is 9.97 Å². The van der Waals surface area contributed by atoms with Crippen molar-refractivity contribution in [3.05, 3.63) is 60.7 Å². The van der Waals surface area contributed by atoms with Gasteiger partial charge in [-0.3, -0.25) is 0 Å². The number of hydrogen-bond donors (Lipinski definition) is 3. The second kappa shape index (κ2) is 4.52. The Balaban J connectivity index is 1.78. The molecule has 0 atom stereocenters.